The first-order chi connectivity index (χ1) is 17.0. The van der Waals surface area contributed by atoms with Crippen molar-refractivity contribution < 1.29 is 24.4 Å². The van der Waals surface area contributed by atoms with E-state index in [0.717, 1.165) is 16.8 Å². The minimum Gasteiger partial charge on any atom is -0.426 e. The summed E-state index contributed by atoms with van der Waals surface area (Å²) in [7, 11) is -1.74. The number of aromatic nitrogens is 1. The first-order valence-corrected chi connectivity index (χ1v) is 11.5. The molecule has 2 heterocycles. The molecule has 35 heavy (non-hydrogen) atoms. The topological polar surface area (TPSA) is 113 Å². The van der Waals surface area contributed by atoms with Gasteiger partial charge in [-0.15, -0.1) is 0 Å². The molecular weight excluding hydrogens is 445 g/mol. The summed E-state index contributed by atoms with van der Waals surface area (Å²) in [6, 6.07) is 24.4. The molecule has 1 aliphatic heterocycles. The molecule has 8 nitrogen and oxygen atoms in total. The smallest absolute Gasteiger partial charge is 0.426 e. The number of hydrogen-bond acceptors (Lipinski definition) is 7. The monoisotopic (exact) mass is 473 g/mol. The van der Waals surface area contributed by atoms with Gasteiger partial charge in [0.05, 0.1) is 30.6 Å². The molecule has 0 spiro atoms. The molecule has 2 aromatic carbocycles. The number of nitrogens with zero attached hydrogens (tertiary/aromatic N) is 2. The Bertz CT molecular complexity index is 1120. The van der Waals surface area contributed by atoms with Gasteiger partial charge in [0.15, 0.2) is 0 Å². The van der Waals surface area contributed by atoms with E-state index in [-0.39, 0.29) is 25.9 Å². The van der Waals surface area contributed by atoms with E-state index < -0.39 is 24.6 Å². The Balaban J connectivity index is 1.45. The minimum atomic E-state index is -1.74. The van der Waals surface area contributed by atoms with Crippen LogP contribution >= 0.6 is 0 Å². The lowest BCUT2D eigenvalue weighted by Crippen LogP contribution is -2.56. The van der Waals surface area contributed by atoms with E-state index in [2.05, 4.69) is 15.5 Å². The summed E-state index contributed by atoms with van der Waals surface area (Å²) in [5.74, 6) is -1.37. The van der Waals surface area contributed by atoms with Crippen LogP contribution < -0.4 is 5.32 Å². The van der Waals surface area contributed by atoms with Gasteiger partial charge in [-0.1, -0.05) is 71.9 Å². The molecule has 0 radical (unpaired) electrons. The highest BCUT2D eigenvalue weighted by atomic mass is 16.7. The van der Waals surface area contributed by atoms with Crippen molar-refractivity contribution in [2.24, 2.45) is 5.16 Å². The van der Waals surface area contributed by atoms with E-state index in [1.54, 1.807) is 6.20 Å². The molecule has 3 aromatic rings. The third-order valence-corrected chi connectivity index (χ3v) is 5.81. The number of oxime groups is 1. The molecule has 0 saturated heterocycles. The number of carbonyl (C=O) groups is 1. The van der Waals surface area contributed by atoms with Crippen LogP contribution in [0.25, 0.3) is 0 Å². The van der Waals surface area contributed by atoms with Gasteiger partial charge in [0.1, 0.15) is 0 Å². The van der Waals surface area contributed by atoms with Gasteiger partial charge in [-0.3, -0.25) is 9.78 Å². The molecule has 2 atom stereocenters. The summed E-state index contributed by atoms with van der Waals surface area (Å²) in [6.45, 7) is 0.504. The number of benzene rings is 2. The molecule has 1 aromatic heterocycles. The standard InChI is InChI=1S/C26H28BN3O5/c31-25(29-24(27(32)33)15-20-9-3-1-4-10-20)26(16-21-11-5-2-6-12-21)17-23(30-35-26)19-34-18-22-13-7-8-14-28-22/h1-14,24,32-33H,15-19H2,(H,29,31). The maximum Gasteiger partial charge on any atom is 0.475 e. The summed E-state index contributed by atoms with van der Waals surface area (Å²) >= 11 is 0. The van der Waals surface area contributed by atoms with Crippen LogP contribution in [0.15, 0.2) is 90.2 Å². The highest BCUT2D eigenvalue weighted by Gasteiger charge is 2.48. The number of pyridine rings is 1. The summed E-state index contributed by atoms with van der Waals surface area (Å²) < 4.78 is 5.74. The SMILES string of the molecule is O=C(NC(Cc1ccccc1)B(O)O)C1(Cc2ccccc2)CC(COCc2ccccn2)=NO1. The third kappa shape index (κ3) is 6.76. The molecule has 180 valence electrons. The maximum absolute atomic E-state index is 13.5. The second-order valence-electron chi connectivity index (χ2n) is 8.58. The Kier molecular flexibility index (Phi) is 8.25. The molecule has 0 saturated carbocycles. The lowest BCUT2D eigenvalue weighted by Gasteiger charge is -2.28. The van der Waals surface area contributed by atoms with Gasteiger partial charge in [-0.05, 0) is 29.7 Å². The van der Waals surface area contributed by atoms with E-state index >= 15 is 0 Å². The first-order valence-electron chi connectivity index (χ1n) is 11.5. The minimum absolute atomic E-state index is 0.191. The number of carbonyl (C=O) groups excluding carboxylic acids is 1. The highest BCUT2D eigenvalue weighted by molar-refractivity contribution is 6.43. The van der Waals surface area contributed by atoms with Gasteiger partial charge in [-0.25, -0.2) is 0 Å². The molecular formula is C26H28BN3O5. The van der Waals surface area contributed by atoms with Crippen molar-refractivity contribution in [2.45, 2.75) is 37.4 Å². The maximum atomic E-state index is 13.5. The van der Waals surface area contributed by atoms with Crippen molar-refractivity contribution in [1.82, 2.24) is 10.3 Å². The van der Waals surface area contributed by atoms with Gasteiger partial charge < -0.3 is 24.9 Å². The molecule has 1 amide bonds. The average molecular weight is 473 g/mol. The van der Waals surface area contributed by atoms with Crippen LogP contribution in [0.5, 0.6) is 0 Å². The van der Waals surface area contributed by atoms with Crippen LogP contribution in [0.4, 0.5) is 0 Å². The summed E-state index contributed by atoms with van der Waals surface area (Å²) in [5, 5.41) is 26.9. The third-order valence-electron chi connectivity index (χ3n) is 5.81. The van der Waals surface area contributed by atoms with E-state index in [4.69, 9.17) is 9.57 Å². The lowest BCUT2D eigenvalue weighted by atomic mass is 9.75. The summed E-state index contributed by atoms with van der Waals surface area (Å²) in [6.07, 6.45) is 2.44. The fraction of sp³-hybridized carbons (Fsp3) is 0.269. The van der Waals surface area contributed by atoms with Gasteiger partial charge in [0.25, 0.3) is 5.91 Å². The molecule has 0 fully saturated rings. The molecule has 9 heteroatoms. The molecule has 3 N–H and O–H groups in total. The second-order valence-corrected chi connectivity index (χ2v) is 8.58. The molecule has 4 rings (SSSR count). The first kappa shape index (κ1) is 24.6. The predicted molar refractivity (Wildman–Crippen MR) is 132 cm³/mol. The number of rotatable bonds is 11. The van der Waals surface area contributed by atoms with Gasteiger partial charge in [-0.2, -0.15) is 0 Å². The fourth-order valence-corrected chi connectivity index (χ4v) is 4.00. The molecule has 0 aliphatic carbocycles. The highest BCUT2D eigenvalue weighted by Crippen LogP contribution is 2.29. The van der Waals surface area contributed by atoms with Crippen molar-refractivity contribution in [3.05, 3.63) is 102 Å². The van der Waals surface area contributed by atoms with E-state index in [1.165, 1.54) is 0 Å². The van der Waals surface area contributed by atoms with E-state index in [1.807, 2.05) is 78.9 Å². The zero-order chi connectivity index (χ0) is 24.5. The average Bonchev–Trinajstić information content (AvgIpc) is 3.29. The van der Waals surface area contributed by atoms with Gasteiger partial charge in [0.2, 0.25) is 5.60 Å². The molecule has 0 bridgehead atoms. The second kappa shape index (κ2) is 11.7. The summed E-state index contributed by atoms with van der Waals surface area (Å²) in [5.41, 5.74) is 1.83. The van der Waals surface area contributed by atoms with Crippen LogP contribution in [0, 0.1) is 0 Å². The quantitative estimate of drug-likeness (QED) is 0.368. The number of ether oxygens (including phenoxy) is 1. The normalized spacial score (nSPS) is 17.8. The van der Waals surface area contributed by atoms with Gasteiger partial charge >= 0.3 is 7.12 Å². The van der Waals surface area contributed by atoms with Crippen LogP contribution in [-0.4, -0.2) is 51.9 Å². The largest absolute Gasteiger partial charge is 0.475 e. The zero-order valence-corrected chi connectivity index (χ0v) is 19.3. The van der Waals surface area contributed by atoms with Crippen molar-refractivity contribution in [3.63, 3.8) is 0 Å². The Labute approximate surface area is 204 Å². The van der Waals surface area contributed by atoms with Gasteiger partial charge in [0, 0.05) is 19.0 Å². The van der Waals surface area contributed by atoms with Crippen LogP contribution in [-0.2, 0) is 33.8 Å². The van der Waals surface area contributed by atoms with Crippen LogP contribution in [0.2, 0.25) is 0 Å². The molecule has 1 aliphatic rings. The number of nitrogens with one attached hydrogen (secondary N) is 1. The van der Waals surface area contributed by atoms with E-state index in [9.17, 15) is 14.8 Å². The van der Waals surface area contributed by atoms with Crippen molar-refractivity contribution >= 4 is 18.7 Å². The van der Waals surface area contributed by atoms with Crippen molar-refractivity contribution in [1.29, 1.82) is 0 Å². The van der Waals surface area contributed by atoms with E-state index in [0.29, 0.717) is 12.3 Å². The van der Waals surface area contributed by atoms with Crippen molar-refractivity contribution in [3.8, 4) is 0 Å². The Morgan fingerprint density at radius 3 is 2.34 bits per heavy atom. The Hall–Kier alpha value is -3.53. The zero-order valence-electron chi connectivity index (χ0n) is 19.3. The number of amides is 1. The van der Waals surface area contributed by atoms with Crippen LogP contribution in [0.1, 0.15) is 23.2 Å². The number of hydrogen-bond donors (Lipinski definition) is 3. The summed E-state index contributed by atoms with van der Waals surface area (Å²) in [4.78, 5) is 23.5. The Morgan fingerprint density at radius 1 is 1.00 bits per heavy atom. The Morgan fingerprint density at radius 2 is 1.69 bits per heavy atom. The fourth-order valence-electron chi connectivity index (χ4n) is 4.00. The predicted octanol–water partition coefficient (Wildman–Crippen LogP) is 2.10. The molecule has 2 unspecified atom stereocenters. The van der Waals surface area contributed by atoms with Crippen molar-refractivity contribution in [2.75, 3.05) is 6.61 Å². The lowest BCUT2D eigenvalue weighted by molar-refractivity contribution is -0.144. The van der Waals surface area contributed by atoms with Crippen LogP contribution in [0.3, 0.4) is 0 Å².